The fraction of sp³-hybridized carbons (Fsp3) is 0.250. The summed E-state index contributed by atoms with van der Waals surface area (Å²) in [5.74, 6) is -0.656. The van der Waals surface area contributed by atoms with Crippen molar-refractivity contribution in [2.75, 3.05) is 17.2 Å². The summed E-state index contributed by atoms with van der Waals surface area (Å²) in [6, 6.07) is 12.0. The van der Waals surface area contributed by atoms with E-state index in [4.69, 9.17) is 4.74 Å². The lowest BCUT2D eigenvalue weighted by Crippen LogP contribution is -2.27. The standard InChI is InChI=1S/C20H19N3O4/c24-18(22-15-7-6-13-11-21-19(25)16(13)10-15)12-3-1-4-14(9-12)23-20(26)17-5-2-8-27-17/h1,3-4,6-7,9-10,17H,2,5,8,11H2,(H,21,25)(H,22,24)(H,23,26)/t17-/m0/s1. The summed E-state index contributed by atoms with van der Waals surface area (Å²) in [6.07, 6.45) is 1.15. The van der Waals surface area contributed by atoms with Gasteiger partial charge in [-0.05, 0) is 48.7 Å². The second-order valence-corrected chi connectivity index (χ2v) is 6.58. The van der Waals surface area contributed by atoms with Crippen molar-refractivity contribution in [3.63, 3.8) is 0 Å². The highest BCUT2D eigenvalue weighted by Gasteiger charge is 2.24. The third-order valence-electron chi connectivity index (χ3n) is 4.67. The molecule has 138 valence electrons. The van der Waals surface area contributed by atoms with Crippen LogP contribution in [0, 0.1) is 0 Å². The maximum atomic E-state index is 12.5. The molecule has 0 aromatic heterocycles. The Morgan fingerprint density at radius 2 is 1.93 bits per heavy atom. The van der Waals surface area contributed by atoms with E-state index < -0.39 is 6.10 Å². The van der Waals surface area contributed by atoms with Crippen molar-refractivity contribution in [2.24, 2.45) is 0 Å². The molecule has 0 saturated carbocycles. The van der Waals surface area contributed by atoms with Crippen LogP contribution in [0.5, 0.6) is 0 Å². The van der Waals surface area contributed by atoms with Crippen LogP contribution in [-0.4, -0.2) is 30.4 Å². The summed E-state index contributed by atoms with van der Waals surface area (Å²) in [6.45, 7) is 1.11. The highest BCUT2D eigenvalue weighted by molar-refractivity contribution is 6.06. The van der Waals surface area contributed by atoms with Gasteiger partial charge in [-0.3, -0.25) is 14.4 Å². The Bertz CT molecular complexity index is 919. The molecule has 0 radical (unpaired) electrons. The van der Waals surface area contributed by atoms with Gasteiger partial charge in [-0.1, -0.05) is 12.1 Å². The number of amides is 3. The van der Waals surface area contributed by atoms with E-state index in [9.17, 15) is 14.4 Å². The minimum Gasteiger partial charge on any atom is -0.368 e. The maximum Gasteiger partial charge on any atom is 0.255 e. The predicted octanol–water partition coefficient (Wildman–Crippen LogP) is 2.30. The molecule has 2 aromatic rings. The Balaban J connectivity index is 1.45. The molecular weight excluding hydrogens is 346 g/mol. The number of benzene rings is 2. The van der Waals surface area contributed by atoms with Crippen molar-refractivity contribution in [1.82, 2.24) is 5.32 Å². The van der Waals surface area contributed by atoms with Gasteiger partial charge in [0.2, 0.25) is 0 Å². The Kier molecular flexibility index (Phi) is 4.60. The number of hydrogen-bond acceptors (Lipinski definition) is 4. The Morgan fingerprint density at radius 3 is 2.74 bits per heavy atom. The fourth-order valence-electron chi connectivity index (χ4n) is 3.24. The molecule has 3 amide bonds. The van der Waals surface area contributed by atoms with E-state index in [1.54, 1.807) is 36.4 Å². The van der Waals surface area contributed by atoms with Crippen LogP contribution in [0.4, 0.5) is 11.4 Å². The number of hydrogen-bond donors (Lipinski definition) is 3. The average Bonchev–Trinajstić information content (AvgIpc) is 3.33. The molecule has 2 aromatic carbocycles. The third-order valence-corrected chi connectivity index (χ3v) is 4.67. The van der Waals surface area contributed by atoms with Gasteiger partial charge in [0.15, 0.2) is 0 Å². The van der Waals surface area contributed by atoms with Gasteiger partial charge in [0.05, 0.1) is 0 Å². The predicted molar refractivity (Wildman–Crippen MR) is 99.6 cm³/mol. The molecule has 0 spiro atoms. The molecule has 27 heavy (non-hydrogen) atoms. The zero-order valence-corrected chi connectivity index (χ0v) is 14.6. The Hall–Kier alpha value is -3.19. The summed E-state index contributed by atoms with van der Waals surface area (Å²) in [5, 5.41) is 8.32. The second kappa shape index (κ2) is 7.20. The van der Waals surface area contributed by atoms with E-state index in [0.29, 0.717) is 42.1 Å². The van der Waals surface area contributed by atoms with Gasteiger partial charge in [0, 0.05) is 35.7 Å². The van der Waals surface area contributed by atoms with Crippen LogP contribution in [0.25, 0.3) is 0 Å². The average molecular weight is 365 g/mol. The van der Waals surface area contributed by atoms with Crippen LogP contribution < -0.4 is 16.0 Å². The van der Waals surface area contributed by atoms with Crippen LogP contribution in [0.1, 0.15) is 39.1 Å². The van der Waals surface area contributed by atoms with E-state index in [-0.39, 0.29) is 17.7 Å². The van der Waals surface area contributed by atoms with Gasteiger partial charge in [-0.2, -0.15) is 0 Å². The first-order chi connectivity index (χ1) is 13.1. The molecule has 0 aliphatic carbocycles. The van der Waals surface area contributed by atoms with Gasteiger partial charge < -0.3 is 20.7 Å². The van der Waals surface area contributed by atoms with E-state index in [1.165, 1.54) is 0 Å². The highest BCUT2D eigenvalue weighted by Crippen LogP contribution is 2.21. The number of nitrogens with one attached hydrogen (secondary N) is 3. The van der Waals surface area contributed by atoms with Crippen LogP contribution in [0.3, 0.4) is 0 Å². The third kappa shape index (κ3) is 3.68. The summed E-state index contributed by atoms with van der Waals surface area (Å²) in [5.41, 5.74) is 2.98. The van der Waals surface area contributed by atoms with Crippen molar-refractivity contribution in [3.8, 4) is 0 Å². The number of rotatable bonds is 4. The summed E-state index contributed by atoms with van der Waals surface area (Å²) < 4.78 is 5.36. The molecule has 1 saturated heterocycles. The number of carbonyl (C=O) groups is 3. The zero-order valence-electron chi connectivity index (χ0n) is 14.6. The lowest BCUT2D eigenvalue weighted by atomic mass is 10.1. The van der Waals surface area contributed by atoms with Crippen molar-refractivity contribution < 1.29 is 19.1 Å². The van der Waals surface area contributed by atoms with Crippen LogP contribution in [0.15, 0.2) is 42.5 Å². The Morgan fingerprint density at radius 1 is 1.07 bits per heavy atom. The van der Waals surface area contributed by atoms with Crippen LogP contribution >= 0.6 is 0 Å². The number of fused-ring (bicyclic) bond motifs is 1. The molecule has 3 N–H and O–H groups in total. The van der Waals surface area contributed by atoms with Crippen molar-refractivity contribution in [3.05, 3.63) is 59.2 Å². The number of anilines is 2. The number of ether oxygens (including phenoxy) is 1. The van der Waals surface area contributed by atoms with Gasteiger partial charge in [0.1, 0.15) is 6.10 Å². The first-order valence-corrected chi connectivity index (χ1v) is 8.85. The number of carbonyl (C=O) groups excluding carboxylic acids is 3. The minimum absolute atomic E-state index is 0.139. The summed E-state index contributed by atoms with van der Waals surface area (Å²) in [7, 11) is 0. The SMILES string of the molecule is O=C(Nc1ccc2c(c1)C(=O)NC2)c1cccc(NC(=O)[C@@H]2CCCO2)c1. The topological polar surface area (TPSA) is 96.5 Å². The van der Waals surface area contributed by atoms with Gasteiger partial charge in [0.25, 0.3) is 17.7 Å². The molecule has 2 aliphatic rings. The molecule has 4 rings (SSSR count). The minimum atomic E-state index is -0.431. The molecule has 0 unspecified atom stereocenters. The van der Waals surface area contributed by atoms with Crippen molar-refractivity contribution in [1.29, 1.82) is 0 Å². The zero-order chi connectivity index (χ0) is 18.8. The van der Waals surface area contributed by atoms with E-state index >= 15 is 0 Å². The molecule has 0 bridgehead atoms. The maximum absolute atomic E-state index is 12.5. The Labute approximate surface area is 156 Å². The van der Waals surface area contributed by atoms with E-state index in [1.807, 2.05) is 6.07 Å². The largest absolute Gasteiger partial charge is 0.368 e. The molecule has 2 heterocycles. The van der Waals surface area contributed by atoms with E-state index in [0.717, 1.165) is 12.0 Å². The summed E-state index contributed by atoms with van der Waals surface area (Å²) in [4.78, 5) is 36.4. The molecule has 7 heteroatoms. The van der Waals surface area contributed by atoms with Crippen LogP contribution in [-0.2, 0) is 16.1 Å². The summed E-state index contributed by atoms with van der Waals surface area (Å²) >= 11 is 0. The second-order valence-electron chi connectivity index (χ2n) is 6.58. The molecular formula is C20H19N3O4. The molecule has 1 atom stereocenters. The molecule has 1 fully saturated rings. The quantitative estimate of drug-likeness (QED) is 0.775. The first-order valence-electron chi connectivity index (χ1n) is 8.85. The normalized spacial score (nSPS) is 17.9. The van der Waals surface area contributed by atoms with Crippen molar-refractivity contribution >= 4 is 29.1 Å². The van der Waals surface area contributed by atoms with Crippen LogP contribution in [0.2, 0.25) is 0 Å². The van der Waals surface area contributed by atoms with Gasteiger partial charge in [-0.25, -0.2) is 0 Å². The van der Waals surface area contributed by atoms with Gasteiger partial charge in [-0.15, -0.1) is 0 Å². The van der Waals surface area contributed by atoms with Gasteiger partial charge >= 0.3 is 0 Å². The van der Waals surface area contributed by atoms with E-state index in [2.05, 4.69) is 16.0 Å². The van der Waals surface area contributed by atoms with Crippen molar-refractivity contribution in [2.45, 2.75) is 25.5 Å². The highest BCUT2D eigenvalue weighted by atomic mass is 16.5. The lowest BCUT2D eigenvalue weighted by Gasteiger charge is -2.12. The smallest absolute Gasteiger partial charge is 0.255 e. The fourth-order valence-corrected chi connectivity index (χ4v) is 3.24. The molecule has 2 aliphatic heterocycles. The molecule has 7 nitrogen and oxygen atoms in total. The first kappa shape index (κ1) is 17.2. The lowest BCUT2D eigenvalue weighted by molar-refractivity contribution is -0.124. The monoisotopic (exact) mass is 365 g/mol.